The van der Waals surface area contributed by atoms with Gasteiger partial charge < -0.3 is 16.8 Å². The maximum absolute atomic E-state index is 12.6. The summed E-state index contributed by atoms with van der Waals surface area (Å²) >= 11 is 0. The van der Waals surface area contributed by atoms with Crippen LogP contribution >= 0.6 is 0 Å². The highest BCUT2D eigenvalue weighted by atomic mass is 16.2. The zero-order valence-corrected chi connectivity index (χ0v) is 16.4. The first-order valence-electron chi connectivity index (χ1n) is 9.90. The number of benzene rings is 2. The van der Waals surface area contributed by atoms with Crippen LogP contribution in [-0.4, -0.2) is 23.4 Å². The number of nitrogens with zero attached hydrogens (tertiary/aromatic N) is 1. The molecule has 0 unspecified atom stereocenters. The molecule has 5 N–H and O–H groups in total. The third-order valence-electron chi connectivity index (χ3n) is 5.56. The Morgan fingerprint density at radius 2 is 1.55 bits per heavy atom. The minimum Gasteiger partial charge on any atom is -0.366 e. The number of carbonyl (C=O) groups excluding carboxylic acids is 2. The predicted molar refractivity (Wildman–Crippen MR) is 112 cm³/mol. The lowest BCUT2D eigenvalue weighted by Gasteiger charge is -2.32. The molecule has 1 aliphatic carbocycles. The van der Waals surface area contributed by atoms with Gasteiger partial charge in [0, 0.05) is 12.0 Å². The zero-order valence-electron chi connectivity index (χ0n) is 16.4. The number of nitriles is 1. The van der Waals surface area contributed by atoms with Crippen molar-refractivity contribution in [3.05, 3.63) is 59.7 Å². The molecule has 0 saturated heterocycles. The van der Waals surface area contributed by atoms with Crippen molar-refractivity contribution >= 4 is 11.8 Å². The topological polar surface area (TPSA) is 122 Å². The number of hydrogen-bond acceptors (Lipinski definition) is 4. The van der Waals surface area contributed by atoms with Gasteiger partial charge in [-0.05, 0) is 41.7 Å². The largest absolute Gasteiger partial charge is 0.366 e. The highest BCUT2D eigenvalue weighted by molar-refractivity contribution is 5.93. The van der Waals surface area contributed by atoms with Crippen LogP contribution in [0.2, 0.25) is 0 Å². The lowest BCUT2D eigenvalue weighted by molar-refractivity contribution is -0.127. The molecule has 0 aliphatic heterocycles. The van der Waals surface area contributed by atoms with Gasteiger partial charge in [0.2, 0.25) is 11.8 Å². The number of nitrogens with two attached hydrogens (primary N) is 2. The van der Waals surface area contributed by atoms with Crippen LogP contribution in [0.5, 0.6) is 0 Å². The first-order chi connectivity index (χ1) is 13.9. The van der Waals surface area contributed by atoms with Gasteiger partial charge in [0.1, 0.15) is 6.04 Å². The van der Waals surface area contributed by atoms with Crippen molar-refractivity contribution < 1.29 is 9.59 Å². The molecule has 2 aromatic rings. The normalized spacial score (nSPS) is 16.4. The van der Waals surface area contributed by atoms with Crippen molar-refractivity contribution in [2.75, 3.05) is 0 Å². The molecule has 6 heteroatoms. The van der Waals surface area contributed by atoms with E-state index in [4.69, 9.17) is 11.5 Å². The van der Waals surface area contributed by atoms with Crippen LogP contribution in [0.1, 0.15) is 48.0 Å². The summed E-state index contributed by atoms with van der Waals surface area (Å²) < 4.78 is 0. The Morgan fingerprint density at radius 3 is 2.07 bits per heavy atom. The fourth-order valence-electron chi connectivity index (χ4n) is 3.74. The highest BCUT2D eigenvalue weighted by Gasteiger charge is 2.36. The summed E-state index contributed by atoms with van der Waals surface area (Å²) in [5.74, 6) is -0.682. The van der Waals surface area contributed by atoms with E-state index in [-0.39, 0.29) is 5.91 Å². The van der Waals surface area contributed by atoms with E-state index >= 15 is 0 Å². The number of nitrogens with one attached hydrogen (secondary N) is 1. The lowest BCUT2D eigenvalue weighted by Crippen LogP contribution is -2.57. The van der Waals surface area contributed by atoms with Crippen LogP contribution in [0.15, 0.2) is 48.5 Å². The average molecular weight is 390 g/mol. The van der Waals surface area contributed by atoms with E-state index in [2.05, 4.69) is 11.4 Å². The highest BCUT2D eigenvalue weighted by Crippen LogP contribution is 2.26. The van der Waals surface area contributed by atoms with E-state index in [9.17, 15) is 14.9 Å². The molecule has 1 atom stereocenters. The molecule has 0 radical (unpaired) electrons. The van der Waals surface area contributed by atoms with Crippen molar-refractivity contribution in [1.82, 2.24) is 5.32 Å². The van der Waals surface area contributed by atoms with Crippen LogP contribution in [0, 0.1) is 11.3 Å². The van der Waals surface area contributed by atoms with Gasteiger partial charge in [-0.3, -0.25) is 9.59 Å². The second kappa shape index (κ2) is 8.89. The molecule has 0 heterocycles. The summed E-state index contributed by atoms with van der Waals surface area (Å²) in [5, 5.41) is 12.3. The van der Waals surface area contributed by atoms with Gasteiger partial charge in [0.15, 0.2) is 0 Å². The molecule has 2 amide bonds. The molecule has 6 nitrogen and oxygen atoms in total. The van der Waals surface area contributed by atoms with E-state index in [1.165, 1.54) is 0 Å². The van der Waals surface area contributed by atoms with Crippen molar-refractivity contribution in [2.24, 2.45) is 11.5 Å². The van der Waals surface area contributed by atoms with Crippen molar-refractivity contribution in [3.8, 4) is 17.2 Å². The molecule has 2 aromatic carbocycles. The minimum atomic E-state index is -0.853. The second-order valence-electron chi connectivity index (χ2n) is 7.71. The minimum absolute atomic E-state index is 0.227. The van der Waals surface area contributed by atoms with Crippen LogP contribution in [0.25, 0.3) is 11.1 Å². The standard InChI is InChI=1S/C23H26N4O2/c24-15-20(27-22(29)23(26)12-2-1-3-13-23)14-16-4-6-17(7-5-16)18-8-10-19(11-9-18)21(25)28/h4-11,20H,1-3,12-14,26H2,(H2,25,28)(H,27,29)/t20-/m0/s1. The van der Waals surface area contributed by atoms with E-state index in [1.807, 2.05) is 36.4 Å². The lowest BCUT2D eigenvalue weighted by atomic mass is 9.81. The van der Waals surface area contributed by atoms with Crippen LogP contribution in [0.4, 0.5) is 0 Å². The Bertz CT molecular complexity index is 907. The number of rotatable bonds is 6. The fourth-order valence-corrected chi connectivity index (χ4v) is 3.74. The molecule has 0 aromatic heterocycles. The quantitative estimate of drug-likeness (QED) is 0.702. The fraction of sp³-hybridized carbons (Fsp3) is 0.348. The van der Waals surface area contributed by atoms with Crippen LogP contribution in [-0.2, 0) is 11.2 Å². The molecule has 3 rings (SSSR count). The number of carbonyl (C=O) groups is 2. The summed E-state index contributed by atoms with van der Waals surface area (Å²) in [6, 6.07) is 16.4. The van der Waals surface area contributed by atoms with E-state index in [0.717, 1.165) is 36.0 Å². The Morgan fingerprint density at radius 1 is 1.00 bits per heavy atom. The molecule has 0 spiro atoms. The molecular formula is C23H26N4O2. The van der Waals surface area contributed by atoms with Gasteiger partial charge in [-0.25, -0.2) is 0 Å². The summed E-state index contributed by atoms with van der Waals surface area (Å²) in [6.07, 6.45) is 4.75. The third kappa shape index (κ3) is 5.01. The van der Waals surface area contributed by atoms with Crippen molar-refractivity contribution in [1.29, 1.82) is 5.26 Å². The number of hydrogen-bond donors (Lipinski definition) is 3. The molecule has 1 saturated carbocycles. The molecule has 150 valence electrons. The van der Waals surface area contributed by atoms with E-state index < -0.39 is 17.5 Å². The Hall–Kier alpha value is -3.17. The van der Waals surface area contributed by atoms with Gasteiger partial charge in [-0.1, -0.05) is 55.7 Å². The van der Waals surface area contributed by atoms with Gasteiger partial charge in [0.25, 0.3) is 0 Å². The van der Waals surface area contributed by atoms with Gasteiger partial charge in [-0.2, -0.15) is 5.26 Å². The summed E-state index contributed by atoms with van der Waals surface area (Å²) in [4.78, 5) is 23.8. The number of amides is 2. The van der Waals surface area contributed by atoms with Crippen molar-refractivity contribution in [2.45, 2.75) is 50.1 Å². The molecule has 1 aliphatic rings. The van der Waals surface area contributed by atoms with E-state index in [1.54, 1.807) is 12.1 Å². The smallest absolute Gasteiger partial charge is 0.248 e. The van der Waals surface area contributed by atoms with Crippen LogP contribution < -0.4 is 16.8 Å². The third-order valence-corrected chi connectivity index (χ3v) is 5.56. The molecule has 0 bridgehead atoms. The Labute approximate surface area is 170 Å². The molecular weight excluding hydrogens is 364 g/mol. The summed E-state index contributed by atoms with van der Waals surface area (Å²) in [5.41, 5.74) is 14.1. The monoisotopic (exact) mass is 390 g/mol. The second-order valence-corrected chi connectivity index (χ2v) is 7.71. The first-order valence-corrected chi connectivity index (χ1v) is 9.90. The Kier molecular flexibility index (Phi) is 6.30. The number of primary amides is 1. The van der Waals surface area contributed by atoms with Crippen LogP contribution in [0.3, 0.4) is 0 Å². The predicted octanol–water partition coefficient (Wildman–Crippen LogP) is 2.66. The average Bonchev–Trinajstić information content (AvgIpc) is 2.74. The van der Waals surface area contributed by atoms with E-state index in [0.29, 0.717) is 24.8 Å². The first kappa shape index (κ1) is 20.6. The molecule has 1 fully saturated rings. The SMILES string of the molecule is N#C[C@H](Cc1ccc(-c2ccc(C(N)=O)cc2)cc1)NC(=O)C1(N)CCCCC1. The summed E-state index contributed by atoms with van der Waals surface area (Å²) in [7, 11) is 0. The Balaban J connectivity index is 1.64. The van der Waals surface area contributed by atoms with Gasteiger partial charge in [-0.15, -0.1) is 0 Å². The maximum atomic E-state index is 12.6. The van der Waals surface area contributed by atoms with Gasteiger partial charge in [0.05, 0.1) is 11.6 Å². The summed E-state index contributed by atoms with van der Waals surface area (Å²) in [6.45, 7) is 0. The van der Waals surface area contributed by atoms with Gasteiger partial charge >= 0.3 is 0 Å². The zero-order chi connectivity index (χ0) is 20.9. The molecule has 29 heavy (non-hydrogen) atoms. The maximum Gasteiger partial charge on any atom is 0.248 e. The van der Waals surface area contributed by atoms with Crippen molar-refractivity contribution in [3.63, 3.8) is 0 Å².